The summed E-state index contributed by atoms with van der Waals surface area (Å²) in [4.78, 5) is 0. The van der Waals surface area contributed by atoms with E-state index in [4.69, 9.17) is 9.47 Å². The Labute approximate surface area is 140 Å². The number of hydrogen-bond acceptors (Lipinski definition) is 3. The van der Waals surface area contributed by atoms with Crippen molar-refractivity contribution in [3.05, 3.63) is 63.6 Å². The number of hydrogen-bond donors (Lipinski definition) is 1. The van der Waals surface area contributed by atoms with Crippen molar-refractivity contribution in [1.82, 2.24) is 5.32 Å². The molecule has 22 heavy (non-hydrogen) atoms. The van der Waals surface area contributed by atoms with Crippen molar-refractivity contribution in [2.45, 2.75) is 19.6 Å². The van der Waals surface area contributed by atoms with E-state index < -0.39 is 0 Å². The molecule has 0 heterocycles. The third kappa shape index (κ3) is 4.09. The van der Waals surface area contributed by atoms with Crippen LogP contribution in [0.25, 0.3) is 0 Å². The van der Waals surface area contributed by atoms with Gasteiger partial charge in [0.05, 0.1) is 7.11 Å². The monoisotopic (exact) mass is 363 g/mol. The Kier molecular flexibility index (Phi) is 6.43. The van der Waals surface area contributed by atoms with Gasteiger partial charge < -0.3 is 14.8 Å². The van der Waals surface area contributed by atoms with E-state index >= 15 is 0 Å². The summed E-state index contributed by atoms with van der Waals surface area (Å²) in [5.41, 5.74) is 3.49. The highest BCUT2D eigenvalue weighted by Gasteiger charge is 2.18. The number of rotatable bonds is 7. The average molecular weight is 364 g/mol. The lowest BCUT2D eigenvalue weighted by atomic mass is 9.96. The minimum atomic E-state index is -0.110. The Bertz CT molecular complexity index is 616. The van der Waals surface area contributed by atoms with Gasteiger partial charge >= 0.3 is 0 Å². The summed E-state index contributed by atoms with van der Waals surface area (Å²) in [6, 6.07) is 14.4. The van der Waals surface area contributed by atoms with Crippen molar-refractivity contribution >= 4 is 15.9 Å². The molecule has 1 atom stereocenters. The zero-order chi connectivity index (χ0) is 15.9. The minimum absolute atomic E-state index is 0.110. The molecule has 0 bridgehead atoms. The molecule has 4 heteroatoms. The largest absolute Gasteiger partial charge is 0.497 e. The Morgan fingerprint density at radius 1 is 1.18 bits per heavy atom. The van der Waals surface area contributed by atoms with Crippen LogP contribution in [-0.4, -0.2) is 20.8 Å². The van der Waals surface area contributed by atoms with E-state index in [0.29, 0.717) is 6.61 Å². The number of methoxy groups -OCH3 is 1. The van der Waals surface area contributed by atoms with Gasteiger partial charge in [-0.3, -0.25) is 0 Å². The van der Waals surface area contributed by atoms with Gasteiger partial charge in [-0.25, -0.2) is 0 Å². The lowest BCUT2D eigenvalue weighted by molar-refractivity contribution is 0.0904. The fourth-order valence-corrected chi connectivity index (χ4v) is 2.88. The molecule has 0 fully saturated rings. The Morgan fingerprint density at radius 3 is 2.68 bits per heavy atom. The van der Waals surface area contributed by atoms with Gasteiger partial charge in [-0.15, -0.1) is 0 Å². The number of halogens is 1. The summed E-state index contributed by atoms with van der Waals surface area (Å²) in [7, 11) is 3.63. The molecule has 1 unspecified atom stereocenters. The minimum Gasteiger partial charge on any atom is -0.497 e. The third-order valence-corrected chi connectivity index (χ3v) is 3.98. The number of nitrogens with one attached hydrogen (secondary N) is 1. The van der Waals surface area contributed by atoms with Gasteiger partial charge in [-0.05, 0) is 54.9 Å². The van der Waals surface area contributed by atoms with Gasteiger partial charge in [-0.2, -0.15) is 0 Å². The fourth-order valence-electron chi connectivity index (χ4n) is 2.50. The second-order valence-electron chi connectivity index (χ2n) is 4.99. The van der Waals surface area contributed by atoms with Crippen LogP contribution in [0.3, 0.4) is 0 Å². The first-order valence-corrected chi connectivity index (χ1v) is 8.17. The summed E-state index contributed by atoms with van der Waals surface area (Å²) >= 11 is 3.57. The van der Waals surface area contributed by atoms with Crippen molar-refractivity contribution in [2.24, 2.45) is 0 Å². The SMILES string of the molecule is CCOC(c1cccc(OC)c1)c1cc(Br)ccc1CNC. The second kappa shape index (κ2) is 8.32. The van der Waals surface area contributed by atoms with E-state index in [1.165, 1.54) is 11.1 Å². The molecule has 0 aromatic heterocycles. The van der Waals surface area contributed by atoms with Crippen molar-refractivity contribution in [1.29, 1.82) is 0 Å². The van der Waals surface area contributed by atoms with E-state index in [1.54, 1.807) is 7.11 Å². The first-order valence-electron chi connectivity index (χ1n) is 7.38. The fraction of sp³-hybridized carbons (Fsp3) is 0.333. The van der Waals surface area contributed by atoms with Crippen LogP contribution in [0.4, 0.5) is 0 Å². The maximum atomic E-state index is 6.05. The molecule has 2 aromatic carbocycles. The van der Waals surface area contributed by atoms with E-state index in [9.17, 15) is 0 Å². The van der Waals surface area contributed by atoms with Gasteiger partial charge in [0.1, 0.15) is 11.9 Å². The van der Waals surface area contributed by atoms with E-state index in [0.717, 1.165) is 22.3 Å². The first kappa shape index (κ1) is 17.0. The predicted molar refractivity (Wildman–Crippen MR) is 93.4 cm³/mol. The Hall–Kier alpha value is -1.36. The van der Waals surface area contributed by atoms with E-state index in [2.05, 4.69) is 45.5 Å². The third-order valence-electron chi connectivity index (χ3n) is 3.49. The summed E-state index contributed by atoms with van der Waals surface area (Å²) in [5.74, 6) is 0.840. The molecule has 0 saturated carbocycles. The van der Waals surface area contributed by atoms with Gasteiger partial charge in [0.25, 0.3) is 0 Å². The molecule has 0 aliphatic carbocycles. The van der Waals surface area contributed by atoms with Crippen molar-refractivity contribution in [3.8, 4) is 5.75 Å². The summed E-state index contributed by atoms with van der Waals surface area (Å²) in [6.07, 6.45) is -0.110. The molecule has 0 radical (unpaired) electrons. The highest BCUT2D eigenvalue weighted by atomic mass is 79.9. The molecule has 0 spiro atoms. The molecule has 0 aliphatic rings. The molecular formula is C18H22BrNO2. The maximum Gasteiger partial charge on any atom is 0.119 e. The topological polar surface area (TPSA) is 30.5 Å². The van der Waals surface area contributed by atoms with Gasteiger partial charge in [0.15, 0.2) is 0 Å². The van der Waals surface area contributed by atoms with Crippen molar-refractivity contribution in [3.63, 3.8) is 0 Å². The highest BCUT2D eigenvalue weighted by molar-refractivity contribution is 9.10. The molecule has 1 N–H and O–H groups in total. The standard InChI is InChI=1S/C18H22BrNO2/c1-4-22-18(13-6-5-7-16(10-13)21-3)17-11-15(19)9-8-14(17)12-20-2/h5-11,18,20H,4,12H2,1-3H3. The first-order chi connectivity index (χ1) is 10.7. The zero-order valence-electron chi connectivity index (χ0n) is 13.2. The van der Waals surface area contributed by atoms with Crippen molar-refractivity contribution in [2.75, 3.05) is 20.8 Å². The zero-order valence-corrected chi connectivity index (χ0v) is 14.8. The summed E-state index contributed by atoms with van der Waals surface area (Å²) in [6.45, 7) is 3.46. The second-order valence-corrected chi connectivity index (χ2v) is 5.90. The Balaban J connectivity index is 2.48. The quantitative estimate of drug-likeness (QED) is 0.795. The van der Waals surface area contributed by atoms with E-state index in [-0.39, 0.29) is 6.10 Å². The van der Waals surface area contributed by atoms with Crippen LogP contribution in [0.1, 0.15) is 29.7 Å². The highest BCUT2D eigenvalue weighted by Crippen LogP contribution is 2.32. The molecule has 0 saturated heterocycles. The van der Waals surface area contributed by atoms with Crippen LogP contribution in [0.5, 0.6) is 5.75 Å². The summed E-state index contributed by atoms with van der Waals surface area (Å²) < 4.78 is 12.4. The van der Waals surface area contributed by atoms with Crippen LogP contribution in [-0.2, 0) is 11.3 Å². The lowest BCUT2D eigenvalue weighted by Crippen LogP contribution is -2.13. The predicted octanol–water partition coefficient (Wildman–Crippen LogP) is 4.30. The smallest absolute Gasteiger partial charge is 0.119 e. The van der Waals surface area contributed by atoms with E-state index in [1.807, 2.05) is 32.2 Å². The lowest BCUT2D eigenvalue weighted by Gasteiger charge is -2.22. The Morgan fingerprint density at radius 2 is 2.00 bits per heavy atom. The molecule has 0 amide bonds. The molecule has 2 rings (SSSR count). The molecule has 0 aliphatic heterocycles. The molecular weight excluding hydrogens is 342 g/mol. The summed E-state index contributed by atoms with van der Waals surface area (Å²) in [5, 5.41) is 3.22. The van der Waals surface area contributed by atoms with Crippen LogP contribution in [0.2, 0.25) is 0 Å². The van der Waals surface area contributed by atoms with Gasteiger partial charge in [-0.1, -0.05) is 34.1 Å². The van der Waals surface area contributed by atoms with Crippen molar-refractivity contribution < 1.29 is 9.47 Å². The molecule has 2 aromatic rings. The van der Waals surface area contributed by atoms with Crippen LogP contribution in [0, 0.1) is 0 Å². The maximum absolute atomic E-state index is 6.05. The number of benzene rings is 2. The molecule has 3 nitrogen and oxygen atoms in total. The van der Waals surface area contributed by atoms with Crippen LogP contribution >= 0.6 is 15.9 Å². The number of ether oxygens (including phenoxy) is 2. The van der Waals surface area contributed by atoms with Gasteiger partial charge in [0.2, 0.25) is 0 Å². The average Bonchev–Trinajstić information content (AvgIpc) is 2.54. The normalized spacial score (nSPS) is 12.2. The van der Waals surface area contributed by atoms with Crippen LogP contribution in [0.15, 0.2) is 46.9 Å². The molecule has 118 valence electrons. The van der Waals surface area contributed by atoms with Gasteiger partial charge in [0, 0.05) is 17.6 Å². The van der Waals surface area contributed by atoms with Crippen LogP contribution < -0.4 is 10.1 Å².